The van der Waals surface area contributed by atoms with Crippen LogP contribution in [-0.2, 0) is 20.4 Å². The van der Waals surface area contributed by atoms with Crippen LogP contribution in [0, 0.1) is 5.92 Å². The number of sulfone groups is 1. The van der Waals surface area contributed by atoms with Gasteiger partial charge in [-0.05, 0) is 43.9 Å². The van der Waals surface area contributed by atoms with Crippen LogP contribution < -0.4 is 10.1 Å². The molecule has 136 valence electrons. The average molecular weight is 376 g/mol. The number of amides is 1. The minimum atomic E-state index is -3.61. The van der Waals surface area contributed by atoms with E-state index in [-0.39, 0.29) is 11.8 Å². The van der Waals surface area contributed by atoms with E-state index in [2.05, 4.69) is 19.2 Å². The summed E-state index contributed by atoms with van der Waals surface area (Å²) >= 11 is 5.91. The molecule has 1 amide bonds. The zero-order valence-electron chi connectivity index (χ0n) is 14.6. The van der Waals surface area contributed by atoms with Crippen LogP contribution in [0.4, 0.5) is 0 Å². The van der Waals surface area contributed by atoms with Crippen LogP contribution in [-0.4, -0.2) is 33.2 Å². The van der Waals surface area contributed by atoms with Gasteiger partial charge in [-0.3, -0.25) is 4.79 Å². The van der Waals surface area contributed by atoms with Crippen molar-refractivity contribution in [3.05, 3.63) is 28.8 Å². The highest BCUT2D eigenvalue weighted by Gasteiger charge is 2.21. The molecule has 0 aromatic heterocycles. The first-order chi connectivity index (χ1) is 11.1. The Morgan fingerprint density at radius 2 is 1.92 bits per heavy atom. The molecule has 0 aliphatic rings. The van der Waals surface area contributed by atoms with Gasteiger partial charge in [0.2, 0.25) is 5.91 Å². The predicted molar refractivity (Wildman–Crippen MR) is 97.2 cm³/mol. The molecule has 1 N–H and O–H groups in total. The molecule has 0 unspecified atom stereocenters. The third-order valence-electron chi connectivity index (χ3n) is 3.55. The molecule has 5 nitrogen and oxygen atoms in total. The number of carbonyl (C=O) groups excluding carboxylic acids is 1. The highest BCUT2D eigenvalue weighted by Crippen LogP contribution is 2.24. The standard InChI is InChI=1S/C17H26ClNO4S/c1-12(2)5-6-13(3)19-17(20)11-24(21,22)10-14-9-15(18)7-8-16(14)23-4/h7-9,12-13H,5-6,10-11H2,1-4H3,(H,19,20)/t13-/m0/s1. The van der Waals surface area contributed by atoms with E-state index in [0.717, 1.165) is 12.8 Å². The van der Waals surface area contributed by atoms with Gasteiger partial charge in [-0.2, -0.15) is 0 Å². The van der Waals surface area contributed by atoms with Crippen LogP contribution in [0.15, 0.2) is 18.2 Å². The number of ether oxygens (including phenoxy) is 1. The average Bonchev–Trinajstić information content (AvgIpc) is 2.44. The van der Waals surface area contributed by atoms with Crippen molar-refractivity contribution < 1.29 is 17.9 Å². The van der Waals surface area contributed by atoms with E-state index < -0.39 is 21.5 Å². The molecule has 0 aliphatic heterocycles. The zero-order valence-corrected chi connectivity index (χ0v) is 16.2. The van der Waals surface area contributed by atoms with Gasteiger partial charge in [0.1, 0.15) is 11.5 Å². The molecule has 7 heteroatoms. The van der Waals surface area contributed by atoms with Gasteiger partial charge in [-0.1, -0.05) is 25.4 Å². The largest absolute Gasteiger partial charge is 0.496 e. The molecule has 1 atom stereocenters. The summed E-state index contributed by atoms with van der Waals surface area (Å²) in [7, 11) is -2.15. The Morgan fingerprint density at radius 3 is 2.50 bits per heavy atom. The minimum absolute atomic E-state index is 0.0456. The van der Waals surface area contributed by atoms with Crippen molar-refractivity contribution in [3.8, 4) is 5.75 Å². The van der Waals surface area contributed by atoms with E-state index in [1.54, 1.807) is 18.2 Å². The van der Waals surface area contributed by atoms with Gasteiger partial charge in [-0.25, -0.2) is 8.42 Å². The van der Waals surface area contributed by atoms with Crippen LogP contribution in [0.5, 0.6) is 5.75 Å². The van der Waals surface area contributed by atoms with Gasteiger partial charge < -0.3 is 10.1 Å². The fourth-order valence-electron chi connectivity index (χ4n) is 2.32. The van der Waals surface area contributed by atoms with Crippen molar-refractivity contribution in [2.24, 2.45) is 5.92 Å². The summed E-state index contributed by atoms with van der Waals surface area (Å²) < 4.78 is 29.7. The molecule has 1 rings (SSSR count). The normalized spacial score (nSPS) is 12.9. The molecule has 1 aromatic rings. The van der Waals surface area contributed by atoms with Crippen LogP contribution >= 0.6 is 11.6 Å². The van der Waals surface area contributed by atoms with Gasteiger partial charge in [0.25, 0.3) is 0 Å². The lowest BCUT2D eigenvalue weighted by Crippen LogP contribution is -2.37. The number of rotatable bonds is 9. The lowest BCUT2D eigenvalue weighted by Gasteiger charge is -2.15. The van der Waals surface area contributed by atoms with Crippen molar-refractivity contribution in [1.82, 2.24) is 5.32 Å². The van der Waals surface area contributed by atoms with E-state index in [9.17, 15) is 13.2 Å². The van der Waals surface area contributed by atoms with Crippen LogP contribution in [0.2, 0.25) is 5.02 Å². The molecule has 0 bridgehead atoms. The summed E-state index contributed by atoms with van der Waals surface area (Å²) in [6, 6.07) is 4.73. The lowest BCUT2D eigenvalue weighted by atomic mass is 10.0. The molecule has 0 radical (unpaired) electrons. The number of methoxy groups -OCH3 is 1. The van der Waals surface area contributed by atoms with E-state index in [1.165, 1.54) is 7.11 Å². The Kier molecular flexibility index (Phi) is 8.03. The van der Waals surface area contributed by atoms with Crippen LogP contribution in [0.25, 0.3) is 0 Å². The Bertz CT molecular complexity index is 659. The quantitative estimate of drug-likeness (QED) is 0.719. The van der Waals surface area contributed by atoms with Gasteiger partial charge in [-0.15, -0.1) is 0 Å². The smallest absolute Gasteiger partial charge is 0.235 e. The highest BCUT2D eigenvalue weighted by molar-refractivity contribution is 7.91. The van der Waals surface area contributed by atoms with Crippen LogP contribution in [0.3, 0.4) is 0 Å². The maximum atomic E-state index is 12.3. The lowest BCUT2D eigenvalue weighted by molar-refractivity contribution is -0.119. The summed E-state index contributed by atoms with van der Waals surface area (Å²) in [6.45, 7) is 6.10. The van der Waals surface area contributed by atoms with E-state index in [4.69, 9.17) is 16.3 Å². The third-order valence-corrected chi connectivity index (χ3v) is 5.24. The first-order valence-electron chi connectivity index (χ1n) is 7.95. The molecule has 0 aliphatic carbocycles. The molecule has 0 fully saturated rings. The Labute approximate surface area is 149 Å². The Morgan fingerprint density at radius 1 is 1.25 bits per heavy atom. The van der Waals surface area contributed by atoms with Crippen molar-refractivity contribution >= 4 is 27.3 Å². The third kappa shape index (κ3) is 7.53. The van der Waals surface area contributed by atoms with E-state index in [0.29, 0.717) is 22.3 Å². The highest BCUT2D eigenvalue weighted by atomic mass is 35.5. The van der Waals surface area contributed by atoms with Crippen molar-refractivity contribution in [3.63, 3.8) is 0 Å². The molecule has 1 aromatic carbocycles. The summed E-state index contributed by atoms with van der Waals surface area (Å²) in [5.74, 6) is -0.330. The topological polar surface area (TPSA) is 72.5 Å². The fourth-order valence-corrected chi connectivity index (χ4v) is 3.80. The molecule has 24 heavy (non-hydrogen) atoms. The molecule has 0 heterocycles. The molecule has 0 saturated carbocycles. The SMILES string of the molecule is COc1ccc(Cl)cc1CS(=O)(=O)CC(=O)N[C@@H](C)CCC(C)C. The first kappa shape index (κ1) is 20.8. The second kappa shape index (κ2) is 9.28. The zero-order chi connectivity index (χ0) is 18.3. The second-order valence-electron chi connectivity index (χ2n) is 6.43. The second-order valence-corrected chi connectivity index (χ2v) is 8.93. The summed E-state index contributed by atoms with van der Waals surface area (Å²) in [4.78, 5) is 12.0. The van der Waals surface area contributed by atoms with Crippen LogP contribution in [0.1, 0.15) is 39.2 Å². The summed E-state index contributed by atoms with van der Waals surface area (Å²) in [6.07, 6.45) is 1.81. The first-order valence-corrected chi connectivity index (χ1v) is 10.1. The summed E-state index contributed by atoms with van der Waals surface area (Å²) in [5, 5.41) is 3.17. The number of halogens is 1. The van der Waals surface area contributed by atoms with Crippen molar-refractivity contribution in [1.29, 1.82) is 0 Å². The number of nitrogens with one attached hydrogen (secondary N) is 1. The van der Waals surface area contributed by atoms with E-state index in [1.807, 2.05) is 6.92 Å². The Balaban J connectivity index is 2.66. The fraction of sp³-hybridized carbons (Fsp3) is 0.588. The molecular formula is C17H26ClNO4S. The monoisotopic (exact) mass is 375 g/mol. The van der Waals surface area contributed by atoms with Crippen molar-refractivity contribution in [2.45, 2.75) is 45.4 Å². The number of hydrogen-bond acceptors (Lipinski definition) is 4. The van der Waals surface area contributed by atoms with Crippen molar-refractivity contribution in [2.75, 3.05) is 12.9 Å². The van der Waals surface area contributed by atoms with Gasteiger partial charge >= 0.3 is 0 Å². The van der Waals surface area contributed by atoms with E-state index >= 15 is 0 Å². The number of carbonyl (C=O) groups is 1. The summed E-state index contributed by atoms with van der Waals surface area (Å²) in [5.41, 5.74) is 0.450. The number of hydrogen-bond donors (Lipinski definition) is 1. The molecular weight excluding hydrogens is 350 g/mol. The van der Waals surface area contributed by atoms with Gasteiger partial charge in [0.05, 0.1) is 12.9 Å². The minimum Gasteiger partial charge on any atom is -0.496 e. The molecule has 0 spiro atoms. The predicted octanol–water partition coefficient (Wildman–Crippen LogP) is 3.20. The maximum absolute atomic E-state index is 12.3. The molecule has 0 saturated heterocycles. The van der Waals surface area contributed by atoms with Gasteiger partial charge in [0, 0.05) is 16.6 Å². The number of benzene rings is 1. The maximum Gasteiger partial charge on any atom is 0.235 e. The van der Waals surface area contributed by atoms with Gasteiger partial charge in [0.15, 0.2) is 9.84 Å². The Hall–Kier alpha value is -1.27.